The molecular weight excluding hydrogens is 386 g/mol. The molecule has 2 aromatic carbocycles. The first kappa shape index (κ1) is 20.6. The van der Waals surface area contributed by atoms with Gasteiger partial charge in [-0.3, -0.25) is 9.59 Å². The molecule has 0 unspecified atom stereocenters. The van der Waals surface area contributed by atoms with Gasteiger partial charge in [0.1, 0.15) is 0 Å². The van der Waals surface area contributed by atoms with Crippen LogP contribution in [0.1, 0.15) is 27.3 Å². The first-order valence-electron chi connectivity index (χ1n) is 9.15. The van der Waals surface area contributed by atoms with Crippen molar-refractivity contribution < 1.29 is 9.59 Å². The summed E-state index contributed by atoms with van der Waals surface area (Å²) in [4.78, 5) is 24.4. The molecule has 0 aliphatic carbocycles. The van der Waals surface area contributed by atoms with E-state index in [-0.39, 0.29) is 24.1 Å². The van der Waals surface area contributed by atoms with Crippen LogP contribution >= 0.6 is 11.8 Å². The lowest BCUT2D eigenvalue weighted by Gasteiger charge is -2.08. The van der Waals surface area contributed by atoms with E-state index in [2.05, 4.69) is 20.8 Å². The van der Waals surface area contributed by atoms with Crippen molar-refractivity contribution in [3.05, 3.63) is 71.0 Å². The number of hydrogen-bond donors (Lipinski definition) is 2. The molecule has 0 saturated heterocycles. The second-order valence-electron chi connectivity index (χ2n) is 6.64. The minimum atomic E-state index is -0.171. The van der Waals surface area contributed by atoms with E-state index in [0.29, 0.717) is 16.5 Å². The molecule has 0 fully saturated rings. The summed E-state index contributed by atoms with van der Waals surface area (Å²) in [6.07, 6.45) is 0. The molecule has 0 radical (unpaired) electrons. The van der Waals surface area contributed by atoms with Crippen LogP contribution < -0.4 is 10.6 Å². The zero-order valence-corrected chi connectivity index (χ0v) is 17.4. The lowest BCUT2D eigenvalue weighted by Crippen LogP contribution is -2.24. The molecule has 3 rings (SSSR count). The maximum atomic E-state index is 12.2. The zero-order valence-electron chi connectivity index (χ0n) is 16.6. The highest BCUT2D eigenvalue weighted by Gasteiger charge is 2.13. The Kier molecular flexibility index (Phi) is 6.66. The molecular formula is C21H23N5O2S. The van der Waals surface area contributed by atoms with E-state index in [9.17, 15) is 9.59 Å². The number of nitrogens with zero attached hydrogens (tertiary/aromatic N) is 3. The summed E-state index contributed by atoms with van der Waals surface area (Å²) >= 11 is 1.30. The van der Waals surface area contributed by atoms with E-state index in [1.54, 1.807) is 16.7 Å². The fourth-order valence-corrected chi connectivity index (χ4v) is 3.35. The Balaban J connectivity index is 1.52. The molecule has 8 heteroatoms. The molecule has 0 bridgehead atoms. The largest absolute Gasteiger partial charge is 0.345 e. The van der Waals surface area contributed by atoms with Crippen LogP contribution in [0, 0.1) is 13.8 Å². The van der Waals surface area contributed by atoms with Crippen molar-refractivity contribution in [2.45, 2.75) is 25.5 Å². The molecule has 0 aliphatic heterocycles. The SMILES string of the molecule is Cc1ccc(NC(=O)CSc2nnc(CNC(=O)c3ccccc3)n2C)cc1C. The molecule has 150 valence electrons. The Hall–Kier alpha value is -3.13. The van der Waals surface area contributed by atoms with E-state index < -0.39 is 0 Å². The highest BCUT2D eigenvalue weighted by molar-refractivity contribution is 7.99. The third kappa shape index (κ3) is 5.45. The predicted molar refractivity (Wildman–Crippen MR) is 114 cm³/mol. The number of rotatable bonds is 7. The van der Waals surface area contributed by atoms with Gasteiger partial charge in [-0.05, 0) is 49.2 Å². The predicted octanol–water partition coefficient (Wildman–Crippen LogP) is 3.09. The van der Waals surface area contributed by atoms with Crippen molar-refractivity contribution in [1.29, 1.82) is 0 Å². The average molecular weight is 410 g/mol. The summed E-state index contributed by atoms with van der Waals surface area (Å²) in [6, 6.07) is 14.8. The van der Waals surface area contributed by atoms with Gasteiger partial charge >= 0.3 is 0 Å². The van der Waals surface area contributed by atoms with E-state index in [1.807, 2.05) is 57.3 Å². The van der Waals surface area contributed by atoms with E-state index in [0.717, 1.165) is 11.3 Å². The Labute approximate surface area is 173 Å². The molecule has 7 nitrogen and oxygen atoms in total. The average Bonchev–Trinajstić information content (AvgIpc) is 3.07. The number of hydrogen-bond acceptors (Lipinski definition) is 5. The van der Waals surface area contributed by atoms with Crippen LogP contribution in [0.3, 0.4) is 0 Å². The summed E-state index contributed by atoms with van der Waals surface area (Å²) in [5, 5.41) is 14.6. The highest BCUT2D eigenvalue weighted by atomic mass is 32.2. The van der Waals surface area contributed by atoms with Gasteiger partial charge in [0, 0.05) is 18.3 Å². The third-order valence-corrected chi connectivity index (χ3v) is 5.51. The fraction of sp³-hybridized carbons (Fsp3) is 0.238. The van der Waals surface area contributed by atoms with Gasteiger partial charge < -0.3 is 15.2 Å². The van der Waals surface area contributed by atoms with Gasteiger partial charge in [0.05, 0.1) is 12.3 Å². The first-order valence-corrected chi connectivity index (χ1v) is 10.1. The van der Waals surface area contributed by atoms with Crippen molar-refractivity contribution in [2.24, 2.45) is 7.05 Å². The van der Waals surface area contributed by atoms with Crippen LogP contribution in [0.4, 0.5) is 5.69 Å². The van der Waals surface area contributed by atoms with Crippen molar-refractivity contribution in [3.8, 4) is 0 Å². The third-order valence-electron chi connectivity index (χ3n) is 4.49. The first-order chi connectivity index (χ1) is 13.9. The minimum Gasteiger partial charge on any atom is -0.345 e. The molecule has 0 atom stereocenters. The molecule has 29 heavy (non-hydrogen) atoms. The maximum absolute atomic E-state index is 12.2. The van der Waals surface area contributed by atoms with Crippen LogP contribution in [-0.4, -0.2) is 32.3 Å². The lowest BCUT2D eigenvalue weighted by molar-refractivity contribution is -0.113. The van der Waals surface area contributed by atoms with E-state index in [4.69, 9.17) is 0 Å². The number of benzene rings is 2. The van der Waals surface area contributed by atoms with Gasteiger partial charge in [-0.15, -0.1) is 10.2 Å². The number of amides is 2. The maximum Gasteiger partial charge on any atom is 0.251 e. The summed E-state index contributed by atoms with van der Waals surface area (Å²) in [7, 11) is 1.81. The van der Waals surface area contributed by atoms with Gasteiger partial charge in [-0.2, -0.15) is 0 Å². The minimum absolute atomic E-state index is 0.111. The Morgan fingerprint density at radius 1 is 1.03 bits per heavy atom. The summed E-state index contributed by atoms with van der Waals surface area (Å²) in [6.45, 7) is 4.30. The quantitative estimate of drug-likeness (QED) is 0.586. The van der Waals surface area contributed by atoms with Crippen LogP contribution in [-0.2, 0) is 18.4 Å². The number of aromatic nitrogens is 3. The van der Waals surface area contributed by atoms with Crippen molar-refractivity contribution in [3.63, 3.8) is 0 Å². The van der Waals surface area contributed by atoms with Gasteiger partial charge in [0.15, 0.2) is 11.0 Å². The normalized spacial score (nSPS) is 10.6. The second-order valence-corrected chi connectivity index (χ2v) is 7.58. The van der Waals surface area contributed by atoms with Crippen molar-refractivity contribution >= 4 is 29.3 Å². The fourth-order valence-electron chi connectivity index (χ4n) is 2.62. The number of aryl methyl sites for hydroxylation is 2. The molecule has 0 aliphatic rings. The highest BCUT2D eigenvalue weighted by Crippen LogP contribution is 2.18. The number of carbonyl (C=O) groups is 2. The zero-order chi connectivity index (χ0) is 20.8. The second kappa shape index (κ2) is 9.38. The molecule has 0 saturated carbocycles. The lowest BCUT2D eigenvalue weighted by atomic mass is 10.1. The molecule has 0 spiro atoms. The van der Waals surface area contributed by atoms with Gasteiger partial charge in [0.2, 0.25) is 5.91 Å². The Morgan fingerprint density at radius 3 is 2.52 bits per heavy atom. The number of carbonyl (C=O) groups excluding carboxylic acids is 2. The van der Waals surface area contributed by atoms with Crippen LogP contribution in [0.25, 0.3) is 0 Å². The number of thioether (sulfide) groups is 1. The molecule has 1 heterocycles. The van der Waals surface area contributed by atoms with Gasteiger partial charge in [-0.25, -0.2) is 0 Å². The van der Waals surface area contributed by atoms with Gasteiger partial charge in [0.25, 0.3) is 5.91 Å². The standard InChI is InChI=1S/C21H23N5O2S/c1-14-9-10-17(11-15(14)2)23-19(27)13-29-21-25-24-18(26(21)3)12-22-20(28)16-7-5-4-6-8-16/h4-11H,12-13H2,1-3H3,(H,22,28)(H,23,27). The summed E-state index contributed by atoms with van der Waals surface area (Å²) < 4.78 is 1.78. The van der Waals surface area contributed by atoms with Crippen LogP contribution in [0.15, 0.2) is 53.7 Å². The van der Waals surface area contributed by atoms with Gasteiger partial charge in [-0.1, -0.05) is 36.0 Å². The van der Waals surface area contributed by atoms with Crippen LogP contribution in [0.2, 0.25) is 0 Å². The van der Waals surface area contributed by atoms with Crippen molar-refractivity contribution in [2.75, 3.05) is 11.1 Å². The van der Waals surface area contributed by atoms with E-state index in [1.165, 1.54) is 17.3 Å². The molecule has 1 aromatic heterocycles. The summed E-state index contributed by atoms with van der Waals surface area (Å²) in [5.74, 6) is 0.553. The molecule has 3 aromatic rings. The number of anilines is 1. The Morgan fingerprint density at radius 2 is 1.79 bits per heavy atom. The number of nitrogens with one attached hydrogen (secondary N) is 2. The summed E-state index contributed by atoms with van der Waals surface area (Å²) in [5.41, 5.74) is 3.68. The van der Waals surface area contributed by atoms with Crippen LogP contribution in [0.5, 0.6) is 0 Å². The molecule has 2 amide bonds. The molecule has 2 N–H and O–H groups in total. The Bertz CT molecular complexity index is 1020. The van der Waals surface area contributed by atoms with Crippen molar-refractivity contribution in [1.82, 2.24) is 20.1 Å². The smallest absolute Gasteiger partial charge is 0.251 e. The topological polar surface area (TPSA) is 88.9 Å². The monoisotopic (exact) mass is 409 g/mol. The van der Waals surface area contributed by atoms with E-state index >= 15 is 0 Å².